The molecule has 1 aromatic heterocycles. The van der Waals surface area contributed by atoms with E-state index in [1.54, 1.807) is 30.3 Å². The molecule has 0 atom stereocenters. The first kappa shape index (κ1) is 11.9. The normalized spacial score (nSPS) is 13.2. The van der Waals surface area contributed by atoms with Crippen LogP contribution in [-0.2, 0) is 11.3 Å². The van der Waals surface area contributed by atoms with Gasteiger partial charge in [-0.05, 0) is 29.2 Å². The molecular weight excluding hydrogens is 245 g/mol. The Kier molecular flexibility index (Phi) is 3.02. The van der Waals surface area contributed by atoms with Crippen molar-refractivity contribution in [2.45, 2.75) is 6.61 Å². The molecular formula is C13H10BNO4. The van der Waals surface area contributed by atoms with E-state index in [1.165, 1.54) is 6.20 Å². The number of aldehydes is 1. The summed E-state index contributed by atoms with van der Waals surface area (Å²) in [5.41, 5.74) is 2.16. The number of pyridine rings is 1. The van der Waals surface area contributed by atoms with Crippen LogP contribution in [0.15, 0.2) is 36.5 Å². The van der Waals surface area contributed by atoms with Crippen molar-refractivity contribution in [3.63, 3.8) is 0 Å². The maximum atomic E-state index is 10.5. The Balaban J connectivity index is 1.81. The summed E-state index contributed by atoms with van der Waals surface area (Å²) in [4.78, 5) is 14.5. The Labute approximate surface area is 110 Å². The summed E-state index contributed by atoms with van der Waals surface area (Å²) in [6.07, 6.45) is 2.17. The van der Waals surface area contributed by atoms with Gasteiger partial charge in [0, 0.05) is 17.8 Å². The van der Waals surface area contributed by atoms with Gasteiger partial charge in [0.05, 0.1) is 6.61 Å². The molecule has 2 heterocycles. The van der Waals surface area contributed by atoms with E-state index in [1.807, 2.05) is 0 Å². The van der Waals surface area contributed by atoms with E-state index in [2.05, 4.69) is 4.98 Å². The second-order valence-electron chi connectivity index (χ2n) is 4.17. The molecule has 1 aliphatic rings. The Morgan fingerprint density at radius 3 is 3.00 bits per heavy atom. The Morgan fingerprint density at radius 2 is 2.26 bits per heavy atom. The highest BCUT2D eigenvalue weighted by atomic mass is 16.5. The van der Waals surface area contributed by atoms with Crippen molar-refractivity contribution in [1.29, 1.82) is 0 Å². The molecule has 0 radical (unpaired) electrons. The molecule has 0 aliphatic carbocycles. The quantitative estimate of drug-likeness (QED) is 0.652. The number of hydrogen-bond acceptors (Lipinski definition) is 5. The van der Waals surface area contributed by atoms with Crippen molar-refractivity contribution < 1.29 is 19.2 Å². The minimum atomic E-state index is -0.853. The number of carbonyl (C=O) groups excluding carboxylic acids is 1. The lowest BCUT2D eigenvalue weighted by molar-refractivity contribution is 0.112. The van der Waals surface area contributed by atoms with E-state index in [-0.39, 0.29) is 0 Å². The highest BCUT2D eigenvalue weighted by molar-refractivity contribution is 6.61. The van der Waals surface area contributed by atoms with Gasteiger partial charge in [-0.2, -0.15) is 0 Å². The van der Waals surface area contributed by atoms with Crippen LogP contribution in [0.4, 0.5) is 0 Å². The number of carbonyl (C=O) groups is 1. The second kappa shape index (κ2) is 4.83. The average molecular weight is 255 g/mol. The van der Waals surface area contributed by atoms with Crippen LogP contribution in [0.5, 0.6) is 11.6 Å². The lowest BCUT2D eigenvalue weighted by Gasteiger charge is -2.06. The molecule has 0 amide bonds. The lowest BCUT2D eigenvalue weighted by Crippen LogP contribution is -2.27. The fourth-order valence-corrected chi connectivity index (χ4v) is 1.91. The molecule has 2 aromatic rings. The molecule has 0 saturated heterocycles. The van der Waals surface area contributed by atoms with Crippen molar-refractivity contribution >= 4 is 18.9 Å². The van der Waals surface area contributed by atoms with Gasteiger partial charge in [-0.25, -0.2) is 4.98 Å². The lowest BCUT2D eigenvalue weighted by atomic mass is 9.80. The summed E-state index contributed by atoms with van der Waals surface area (Å²) in [6, 6.07) is 8.58. The standard InChI is InChI=1S/C13H10BNO4/c16-7-9-1-4-13(15-6-9)19-11-2-3-12-10(5-11)8-18-14(12)17/h1-7,17H,8H2. The summed E-state index contributed by atoms with van der Waals surface area (Å²) < 4.78 is 10.7. The molecule has 5 nitrogen and oxygen atoms in total. The van der Waals surface area contributed by atoms with Crippen LogP contribution in [-0.4, -0.2) is 23.4 Å². The summed E-state index contributed by atoms with van der Waals surface area (Å²) in [5, 5.41) is 9.51. The van der Waals surface area contributed by atoms with E-state index < -0.39 is 7.12 Å². The SMILES string of the molecule is O=Cc1ccc(Oc2ccc3c(c2)COB3O)nc1. The Bertz CT molecular complexity index is 615. The average Bonchev–Trinajstić information content (AvgIpc) is 2.81. The van der Waals surface area contributed by atoms with Gasteiger partial charge < -0.3 is 14.4 Å². The van der Waals surface area contributed by atoms with Gasteiger partial charge in [0.25, 0.3) is 0 Å². The third-order valence-electron chi connectivity index (χ3n) is 2.89. The Hall–Kier alpha value is -2.18. The summed E-state index contributed by atoms with van der Waals surface area (Å²) in [6.45, 7) is 0.366. The Morgan fingerprint density at radius 1 is 1.37 bits per heavy atom. The molecule has 0 bridgehead atoms. The summed E-state index contributed by atoms with van der Waals surface area (Å²) in [5.74, 6) is 1.02. The van der Waals surface area contributed by atoms with E-state index in [4.69, 9.17) is 9.39 Å². The van der Waals surface area contributed by atoms with E-state index in [9.17, 15) is 9.82 Å². The van der Waals surface area contributed by atoms with Gasteiger partial charge in [0.2, 0.25) is 5.88 Å². The van der Waals surface area contributed by atoms with Crippen molar-refractivity contribution in [2.24, 2.45) is 0 Å². The first-order chi connectivity index (χ1) is 9.26. The van der Waals surface area contributed by atoms with Crippen LogP contribution in [0.3, 0.4) is 0 Å². The monoisotopic (exact) mass is 255 g/mol. The van der Waals surface area contributed by atoms with Gasteiger partial charge in [0.1, 0.15) is 5.75 Å². The third-order valence-corrected chi connectivity index (χ3v) is 2.89. The van der Waals surface area contributed by atoms with Gasteiger partial charge in [0.15, 0.2) is 6.29 Å². The van der Waals surface area contributed by atoms with Crippen molar-refractivity contribution in [1.82, 2.24) is 4.98 Å². The molecule has 0 saturated carbocycles. The molecule has 3 rings (SSSR count). The summed E-state index contributed by atoms with van der Waals surface area (Å²) in [7, 11) is -0.853. The molecule has 94 valence electrons. The topological polar surface area (TPSA) is 68.7 Å². The van der Waals surface area contributed by atoms with Gasteiger partial charge in [-0.3, -0.25) is 4.79 Å². The predicted molar refractivity (Wildman–Crippen MR) is 68.5 cm³/mol. The number of ether oxygens (including phenoxy) is 1. The summed E-state index contributed by atoms with van der Waals surface area (Å²) >= 11 is 0. The van der Waals surface area contributed by atoms with Crippen molar-refractivity contribution in [3.05, 3.63) is 47.7 Å². The van der Waals surface area contributed by atoms with E-state index in [0.717, 1.165) is 17.3 Å². The maximum Gasteiger partial charge on any atom is 0.491 e. The highest BCUT2D eigenvalue weighted by Gasteiger charge is 2.27. The number of nitrogens with zero attached hydrogens (tertiary/aromatic N) is 1. The number of aromatic nitrogens is 1. The molecule has 6 heteroatoms. The van der Waals surface area contributed by atoms with E-state index in [0.29, 0.717) is 23.8 Å². The van der Waals surface area contributed by atoms with Crippen LogP contribution >= 0.6 is 0 Å². The number of benzene rings is 1. The zero-order chi connectivity index (χ0) is 13.2. The van der Waals surface area contributed by atoms with Gasteiger partial charge >= 0.3 is 7.12 Å². The fraction of sp³-hybridized carbons (Fsp3) is 0.0769. The van der Waals surface area contributed by atoms with Crippen LogP contribution in [0.25, 0.3) is 0 Å². The zero-order valence-electron chi connectivity index (χ0n) is 9.95. The molecule has 1 aromatic carbocycles. The third kappa shape index (κ3) is 2.36. The number of rotatable bonds is 3. The minimum absolute atomic E-state index is 0.366. The first-order valence-electron chi connectivity index (χ1n) is 5.78. The first-order valence-corrected chi connectivity index (χ1v) is 5.78. The van der Waals surface area contributed by atoms with Crippen LogP contribution in [0, 0.1) is 0 Å². The second-order valence-corrected chi connectivity index (χ2v) is 4.17. The molecule has 0 spiro atoms. The van der Waals surface area contributed by atoms with Crippen LogP contribution in [0.2, 0.25) is 0 Å². The zero-order valence-corrected chi connectivity index (χ0v) is 9.95. The maximum absolute atomic E-state index is 10.5. The number of hydrogen-bond donors (Lipinski definition) is 1. The molecule has 1 N–H and O–H groups in total. The van der Waals surface area contributed by atoms with Crippen LogP contribution in [0.1, 0.15) is 15.9 Å². The molecule has 1 aliphatic heterocycles. The van der Waals surface area contributed by atoms with Crippen molar-refractivity contribution in [2.75, 3.05) is 0 Å². The minimum Gasteiger partial charge on any atom is -0.439 e. The smallest absolute Gasteiger partial charge is 0.439 e. The molecule has 19 heavy (non-hydrogen) atoms. The highest BCUT2D eigenvalue weighted by Crippen LogP contribution is 2.22. The predicted octanol–water partition coefficient (Wildman–Crippen LogP) is 0.904. The van der Waals surface area contributed by atoms with Gasteiger partial charge in [-0.15, -0.1) is 0 Å². The molecule has 0 fully saturated rings. The largest absolute Gasteiger partial charge is 0.491 e. The number of fused-ring (bicyclic) bond motifs is 1. The molecule has 0 unspecified atom stereocenters. The van der Waals surface area contributed by atoms with Crippen molar-refractivity contribution in [3.8, 4) is 11.6 Å². The fourth-order valence-electron chi connectivity index (χ4n) is 1.91. The van der Waals surface area contributed by atoms with E-state index >= 15 is 0 Å². The van der Waals surface area contributed by atoms with Crippen LogP contribution < -0.4 is 10.2 Å². The van der Waals surface area contributed by atoms with Gasteiger partial charge in [-0.1, -0.05) is 6.07 Å².